The van der Waals surface area contributed by atoms with Gasteiger partial charge in [-0.25, -0.2) is 0 Å². The Balaban J connectivity index is 2.18. The Hall–Kier alpha value is -0.570. The zero-order valence-electron chi connectivity index (χ0n) is 10.7. The van der Waals surface area contributed by atoms with Gasteiger partial charge >= 0.3 is 5.97 Å². The lowest BCUT2D eigenvalue weighted by molar-refractivity contribution is -0.152. The maximum atomic E-state index is 11.9. The van der Waals surface area contributed by atoms with E-state index in [9.17, 15) is 4.79 Å². The molecule has 94 valence electrons. The van der Waals surface area contributed by atoms with Crippen LogP contribution in [0.3, 0.4) is 0 Å². The molecular weight excluding hydrogens is 202 g/mol. The summed E-state index contributed by atoms with van der Waals surface area (Å²) in [5, 5.41) is 3.27. The van der Waals surface area contributed by atoms with Gasteiger partial charge in [0, 0.05) is 0 Å². The van der Waals surface area contributed by atoms with Gasteiger partial charge in [0.05, 0.1) is 6.61 Å². The van der Waals surface area contributed by atoms with E-state index in [0.29, 0.717) is 6.61 Å². The van der Waals surface area contributed by atoms with Gasteiger partial charge in [-0.15, -0.1) is 0 Å². The molecule has 0 bridgehead atoms. The van der Waals surface area contributed by atoms with Crippen LogP contribution in [0.1, 0.15) is 58.8 Å². The summed E-state index contributed by atoms with van der Waals surface area (Å²) in [6.45, 7) is 5.65. The van der Waals surface area contributed by atoms with Crippen molar-refractivity contribution in [2.45, 2.75) is 64.3 Å². The van der Waals surface area contributed by atoms with Crippen LogP contribution in [0.25, 0.3) is 0 Å². The first-order chi connectivity index (χ1) is 7.69. The van der Waals surface area contributed by atoms with E-state index in [2.05, 4.69) is 12.2 Å². The van der Waals surface area contributed by atoms with Crippen LogP contribution in [0, 0.1) is 0 Å². The summed E-state index contributed by atoms with van der Waals surface area (Å²) in [5.41, 5.74) is -0.428. The second-order valence-electron chi connectivity index (χ2n) is 4.91. The van der Waals surface area contributed by atoms with E-state index >= 15 is 0 Å². The van der Waals surface area contributed by atoms with E-state index < -0.39 is 5.54 Å². The van der Waals surface area contributed by atoms with Crippen LogP contribution in [0.4, 0.5) is 0 Å². The number of rotatable bonds is 6. The molecule has 16 heavy (non-hydrogen) atoms. The molecule has 3 heteroatoms. The molecule has 1 aliphatic heterocycles. The molecule has 1 fully saturated rings. The minimum absolute atomic E-state index is 0.0660. The summed E-state index contributed by atoms with van der Waals surface area (Å²) in [6, 6.07) is 0. The molecule has 1 aliphatic rings. The van der Waals surface area contributed by atoms with Crippen LogP contribution in [0.2, 0.25) is 0 Å². The highest BCUT2D eigenvalue weighted by Crippen LogP contribution is 2.20. The van der Waals surface area contributed by atoms with Crippen LogP contribution in [-0.2, 0) is 9.53 Å². The number of carbonyl (C=O) groups is 1. The number of piperidine rings is 1. The van der Waals surface area contributed by atoms with E-state index in [1.54, 1.807) is 0 Å². The largest absolute Gasteiger partial charge is 0.464 e. The van der Waals surface area contributed by atoms with Crippen molar-refractivity contribution < 1.29 is 9.53 Å². The van der Waals surface area contributed by atoms with Crippen LogP contribution in [-0.4, -0.2) is 24.7 Å². The van der Waals surface area contributed by atoms with Crippen molar-refractivity contribution in [3.8, 4) is 0 Å². The van der Waals surface area contributed by atoms with Gasteiger partial charge in [0.15, 0.2) is 0 Å². The molecule has 1 saturated heterocycles. The summed E-state index contributed by atoms with van der Waals surface area (Å²) in [7, 11) is 0. The zero-order chi connectivity index (χ0) is 11.9. The third-order valence-electron chi connectivity index (χ3n) is 3.30. The van der Waals surface area contributed by atoms with Gasteiger partial charge in [0.2, 0.25) is 0 Å². The Morgan fingerprint density at radius 3 is 2.75 bits per heavy atom. The number of ether oxygens (including phenoxy) is 1. The van der Waals surface area contributed by atoms with Crippen molar-refractivity contribution >= 4 is 5.97 Å². The molecule has 0 aromatic rings. The van der Waals surface area contributed by atoms with E-state index in [1.807, 2.05) is 6.92 Å². The average Bonchev–Trinajstić information content (AvgIpc) is 2.29. The molecule has 1 atom stereocenters. The third-order valence-corrected chi connectivity index (χ3v) is 3.30. The lowest BCUT2D eigenvalue weighted by Gasteiger charge is -2.32. The minimum atomic E-state index is -0.428. The number of carbonyl (C=O) groups excluding carboxylic acids is 1. The molecule has 0 spiro atoms. The van der Waals surface area contributed by atoms with Gasteiger partial charge in [-0.1, -0.05) is 26.2 Å². The van der Waals surface area contributed by atoms with Crippen LogP contribution >= 0.6 is 0 Å². The molecule has 0 radical (unpaired) electrons. The first kappa shape index (κ1) is 13.5. The maximum Gasteiger partial charge on any atom is 0.326 e. The fraction of sp³-hybridized carbons (Fsp3) is 0.923. The number of nitrogens with one attached hydrogen (secondary N) is 1. The lowest BCUT2D eigenvalue weighted by Crippen LogP contribution is -2.53. The predicted molar refractivity (Wildman–Crippen MR) is 65.4 cm³/mol. The minimum Gasteiger partial charge on any atom is -0.464 e. The smallest absolute Gasteiger partial charge is 0.326 e. The summed E-state index contributed by atoms with van der Waals surface area (Å²) < 4.78 is 5.33. The Labute approximate surface area is 98.9 Å². The first-order valence-electron chi connectivity index (χ1n) is 6.61. The first-order valence-corrected chi connectivity index (χ1v) is 6.61. The summed E-state index contributed by atoms with van der Waals surface area (Å²) in [4.78, 5) is 11.9. The molecule has 1 unspecified atom stereocenters. The van der Waals surface area contributed by atoms with Gasteiger partial charge < -0.3 is 10.1 Å². The molecular formula is C13H25NO2. The standard InChI is InChI=1S/C13H25NO2/c1-3-4-5-8-11-16-12(15)13(2)9-6-7-10-14-13/h14H,3-11H2,1-2H3. The second-order valence-corrected chi connectivity index (χ2v) is 4.91. The SMILES string of the molecule is CCCCCCOC(=O)C1(C)CCCCN1. The Morgan fingerprint density at radius 2 is 2.12 bits per heavy atom. The summed E-state index contributed by atoms with van der Waals surface area (Å²) in [6.07, 6.45) is 7.79. The van der Waals surface area contributed by atoms with Crippen molar-refractivity contribution in [1.29, 1.82) is 0 Å². The van der Waals surface area contributed by atoms with E-state index in [4.69, 9.17) is 4.74 Å². The molecule has 1 N–H and O–H groups in total. The van der Waals surface area contributed by atoms with Gasteiger partial charge in [-0.2, -0.15) is 0 Å². The van der Waals surface area contributed by atoms with Crippen molar-refractivity contribution in [3.63, 3.8) is 0 Å². The monoisotopic (exact) mass is 227 g/mol. The molecule has 0 amide bonds. The van der Waals surface area contributed by atoms with Gasteiger partial charge in [-0.05, 0) is 39.2 Å². The number of hydrogen-bond acceptors (Lipinski definition) is 3. The fourth-order valence-electron chi connectivity index (χ4n) is 2.08. The number of unbranched alkanes of at least 4 members (excludes halogenated alkanes) is 3. The Morgan fingerprint density at radius 1 is 1.31 bits per heavy atom. The molecule has 0 saturated carbocycles. The maximum absolute atomic E-state index is 11.9. The van der Waals surface area contributed by atoms with Crippen molar-refractivity contribution in [3.05, 3.63) is 0 Å². The fourth-order valence-corrected chi connectivity index (χ4v) is 2.08. The molecule has 1 rings (SSSR count). The quantitative estimate of drug-likeness (QED) is 0.560. The van der Waals surface area contributed by atoms with Crippen LogP contribution in [0.5, 0.6) is 0 Å². The van der Waals surface area contributed by atoms with E-state index in [-0.39, 0.29) is 5.97 Å². The summed E-state index contributed by atoms with van der Waals surface area (Å²) >= 11 is 0. The zero-order valence-corrected chi connectivity index (χ0v) is 10.7. The molecule has 0 aliphatic carbocycles. The summed E-state index contributed by atoms with van der Waals surface area (Å²) in [5.74, 6) is -0.0660. The van der Waals surface area contributed by atoms with Crippen molar-refractivity contribution in [2.24, 2.45) is 0 Å². The van der Waals surface area contributed by atoms with Gasteiger partial charge in [-0.3, -0.25) is 4.79 Å². The molecule has 3 nitrogen and oxygen atoms in total. The predicted octanol–water partition coefficient (Wildman–Crippen LogP) is 2.64. The van der Waals surface area contributed by atoms with Crippen molar-refractivity contribution in [2.75, 3.05) is 13.2 Å². The van der Waals surface area contributed by atoms with Crippen LogP contribution in [0.15, 0.2) is 0 Å². The van der Waals surface area contributed by atoms with Gasteiger partial charge in [0.25, 0.3) is 0 Å². The number of hydrogen-bond donors (Lipinski definition) is 1. The normalized spacial score (nSPS) is 25.4. The molecule has 1 heterocycles. The third kappa shape index (κ3) is 4.12. The topological polar surface area (TPSA) is 38.3 Å². The molecule has 0 aromatic carbocycles. The highest BCUT2D eigenvalue weighted by Gasteiger charge is 2.35. The average molecular weight is 227 g/mol. The second kappa shape index (κ2) is 6.89. The van der Waals surface area contributed by atoms with Crippen LogP contribution < -0.4 is 5.32 Å². The van der Waals surface area contributed by atoms with Gasteiger partial charge in [0.1, 0.15) is 5.54 Å². The lowest BCUT2D eigenvalue weighted by atomic mass is 9.91. The van der Waals surface area contributed by atoms with Crippen molar-refractivity contribution in [1.82, 2.24) is 5.32 Å². The van der Waals surface area contributed by atoms with E-state index in [1.165, 1.54) is 19.3 Å². The Kier molecular flexibility index (Phi) is 5.81. The van der Waals surface area contributed by atoms with E-state index in [0.717, 1.165) is 32.2 Å². The highest BCUT2D eigenvalue weighted by atomic mass is 16.5. The Bertz CT molecular complexity index is 210. The highest BCUT2D eigenvalue weighted by molar-refractivity contribution is 5.80. The molecule has 0 aromatic heterocycles. The number of esters is 1.